The number of rotatable bonds is 3. The first-order valence-corrected chi connectivity index (χ1v) is 5.48. The van der Waals surface area contributed by atoms with Gasteiger partial charge in [-0.1, -0.05) is 19.1 Å². The third-order valence-electron chi connectivity index (χ3n) is 3.09. The molecule has 0 saturated heterocycles. The van der Waals surface area contributed by atoms with Crippen LogP contribution in [0.3, 0.4) is 0 Å². The van der Waals surface area contributed by atoms with E-state index in [9.17, 15) is 0 Å². The Balaban J connectivity index is 2.51. The van der Waals surface area contributed by atoms with Gasteiger partial charge in [0.25, 0.3) is 0 Å². The highest BCUT2D eigenvalue weighted by atomic mass is 14.9. The molecule has 2 nitrogen and oxygen atoms in total. The SMILES string of the molecule is CC(CCN)c1cccc2c1ccn2C. The molecule has 2 heteroatoms. The van der Waals surface area contributed by atoms with Crippen molar-refractivity contribution in [3.05, 3.63) is 36.0 Å². The maximum atomic E-state index is 5.61. The van der Waals surface area contributed by atoms with Crippen LogP contribution in [0.5, 0.6) is 0 Å². The molecule has 2 N–H and O–H groups in total. The Kier molecular flexibility index (Phi) is 2.78. The van der Waals surface area contributed by atoms with E-state index in [2.05, 4.69) is 49.0 Å². The number of hydrogen-bond donors (Lipinski definition) is 1. The van der Waals surface area contributed by atoms with Crippen LogP contribution in [-0.2, 0) is 7.05 Å². The Hall–Kier alpha value is -1.28. The zero-order chi connectivity index (χ0) is 10.8. The van der Waals surface area contributed by atoms with Crippen LogP contribution in [0.2, 0.25) is 0 Å². The first-order chi connectivity index (χ1) is 7.24. The summed E-state index contributed by atoms with van der Waals surface area (Å²) >= 11 is 0. The van der Waals surface area contributed by atoms with E-state index < -0.39 is 0 Å². The number of nitrogens with two attached hydrogens (primary N) is 1. The maximum absolute atomic E-state index is 5.61. The number of aryl methyl sites for hydroxylation is 1. The van der Waals surface area contributed by atoms with E-state index in [0.29, 0.717) is 5.92 Å². The molecule has 0 saturated carbocycles. The molecule has 0 amide bonds. The van der Waals surface area contributed by atoms with Crippen LogP contribution in [0.15, 0.2) is 30.5 Å². The molecule has 0 fully saturated rings. The summed E-state index contributed by atoms with van der Waals surface area (Å²) in [5.41, 5.74) is 8.33. The van der Waals surface area contributed by atoms with Crippen molar-refractivity contribution in [2.24, 2.45) is 12.8 Å². The van der Waals surface area contributed by atoms with Gasteiger partial charge in [-0.15, -0.1) is 0 Å². The van der Waals surface area contributed by atoms with Gasteiger partial charge >= 0.3 is 0 Å². The van der Waals surface area contributed by atoms with Gasteiger partial charge in [-0.25, -0.2) is 0 Å². The Morgan fingerprint density at radius 1 is 1.33 bits per heavy atom. The summed E-state index contributed by atoms with van der Waals surface area (Å²) in [6, 6.07) is 8.69. The summed E-state index contributed by atoms with van der Waals surface area (Å²) in [4.78, 5) is 0. The molecule has 0 aliphatic rings. The minimum absolute atomic E-state index is 0.543. The van der Waals surface area contributed by atoms with Gasteiger partial charge < -0.3 is 10.3 Å². The first-order valence-electron chi connectivity index (χ1n) is 5.48. The van der Waals surface area contributed by atoms with Gasteiger partial charge in [0.15, 0.2) is 0 Å². The maximum Gasteiger partial charge on any atom is 0.0480 e. The lowest BCUT2D eigenvalue weighted by atomic mass is 9.95. The molecule has 1 aromatic carbocycles. The van der Waals surface area contributed by atoms with E-state index in [1.54, 1.807) is 0 Å². The molecule has 15 heavy (non-hydrogen) atoms. The second kappa shape index (κ2) is 4.07. The molecule has 1 unspecified atom stereocenters. The topological polar surface area (TPSA) is 30.9 Å². The van der Waals surface area contributed by atoms with Crippen LogP contribution in [0.1, 0.15) is 24.8 Å². The van der Waals surface area contributed by atoms with Crippen LogP contribution >= 0.6 is 0 Å². The Morgan fingerprint density at radius 2 is 2.13 bits per heavy atom. The van der Waals surface area contributed by atoms with Crippen LogP contribution in [0, 0.1) is 0 Å². The normalized spacial score (nSPS) is 13.3. The minimum Gasteiger partial charge on any atom is -0.351 e. The highest BCUT2D eigenvalue weighted by molar-refractivity contribution is 5.84. The van der Waals surface area contributed by atoms with E-state index in [1.807, 2.05) is 0 Å². The molecule has 0 aliphatic carbocycles. The lowest BCUT2D eigenvalue weighted by Gasteiger charge is -2.12. The van der Waals surface area contributed by atoms with Crippen molar-refractivity contribution in [1.29, 1.82) is 0 Å². The summed E-state index contributed by atoms with van der Waals surface area (Å²) < 4.78 is 2.16. The largest absolute Gasteiger partial charge is 0.351 e. The molecule has 0 aliphatic heterocycles. The quantitative estimate of drug-likeness (QED) is 0.815. The van der Waals surface area contributed by atoms with E-state index in [0.717, 1.165) is 13.0 Å². The van der Waals surface area contributed by atoms with Crippen molar-refractivity contribution in [3.8, 4) is 0 Å². The van der Waals surface area contributed by atoms with Crippen molar-refractivity contribution in [3.63, 3.8) is 0 Å². The van der Waals surface area contributed by atoms with E-state index in [-0.39, 0.29) is 0 Å². The summed E-state index contributed by atoms with van der Waals surface area (Å²) in [5, 5.41) is 1.36. The summed E-state index contributed by atoms with van der Waals surface area (Å²) in [6.45, 7) is 3.00. The number of benzene rings is 1. The molecule has 2 aromatic rings. The fourth-order valence-electron chi connectivity index (χ4n) is 2.16. The fraction of sp³-hybridized carbons (Fsp3) is 0.385. The monoisotopic (exact) mass is 202 g/mol. The Bertz CT molecular complexity index is 457. The van der Waals surface area contributed by atoms with Crippen LogP contribution in [0.4, 0.5) is 0 Å². The molecule has 0 bridgehead atoms. The van der Waals surface area contributed by atoms with E-state index in [1.165, 1.54) is 16.5 Å². The number of fused-ring (bicyclic) bond motifs is 1. The first kappa shape index (κ1) is 10.2. The minimum atomic E-state index is 0.543. The second-order valence-electron chi connectivity index (χ2n) is 4.19. The van der Waals surface area contributed by atoms with Crippen LogP contribution in [-0.4, -0.2) is 11.1 Å². The fourth-order valence-corrected chi connectivity index (χ4v) is 2.16. The number of nitrogens with zero attached hydrogens (tertiary/aromatic N) is 1. The second-order valence-corrected chi connectivity index (χ2v) is 4.19. The average molecular weight is 202 g/mol. The predicted molar refractivity (Wildman–Crippen MR) is 65.0 cm³/mol. The smallest absolute Gasteiger partial charge is 0.0480 e. The third-order valence-corrected chi connectivity index (χ3v) is 3.09. The van der Waals surface area contributed by atoms with Gasteiger partial charge in [0, 0.05) is 24.1 Å². The number of hydrogen-bond acceptors (Lipinski definition) is 1. The van der Waals surface area contributed by atoms with Crippen molar-refractivity contribution < 1.29 is 0 Å². The zero-order valence-corrected chi connectivity index (χ0v) is 9.40. The highest BCUT2D eigenvalue weighted by Gasteiger charge is 2.09. The molecule has 80 valence electrons. The standard InChI is InChI=1S/C13H18N2/c1-10(6-8-14)11-4-3-5-13-12(11)7-9-15(13)2/h3-5,7,9-10H,6,8,14H2,1-2H3. The van der Waals surface area contributed by atoms with E-state index >= 15 is 0 Å². The molecule has 1 atom stereocenters. The molecule has 0 radical (unpaired) electrons. The molecular formula is C13H18N2. The van der Waals surface area contributed by atoms with Crippen molar-refractivity contribution in [1.82, 2.24) is 4.57 Å². The Labute approximate surface area is 90.7 Å². The molecular weight excluding hydrogens is 184 g/mol. The van der Waals surface area contributed by atoms with Crippen molar-refractivity contribution >= 4 is 10.9 Å². The summed E-state index contributed by atoms with van der Waals surface area (Å²) in [5.74, 6) is 0.543. The highest BCUT2D eigenvalue weighted by Crippen LogP contribution is 2.27. The summed E-state index contributed by atoms with van der Waals surface area (Å²) in [6.07, 6.45) is 3.16. The van der Waals surface area contributed by atoms with Crippen molar-refractivity contribution in [2.45, 2.75) is 19.3 Å². The van der Waals surface area contributed by atoms with Crippen LogP contribution in [0.25, 0.3) is 10.9 Å². The molecule has 1 aromatic heterocycles. The molecule has 2 rings (SSSR count). The van der Waals surface area contributed by atoms with Crippen molar-refractivity contribution in [2.75, 3.05) is 6.54 Å². The summed E-state index contributed by atoms with van der Waals surface area (Å²) in [7, 11) is 2.08. The zero-order valence-electron chi connectivity index (χ0n) is 9.40. The van der Waals surface area contributed by atoms with Gasteiger partial charge in [-0.3, -0.25) is 0 Å². The van der Waals surface area contributed by atoms with Gasteiger partial charge in [0.05, 0.1) is 0 Å². The van der Waals surface area contributed by atoms with Gasteiger partial charge in [-0.2, -0.15) is 0 Å². The van der Waals surface area contributed by atoms with Gasteiger partial charge in [0.2, 0.25) is 0 Å². The van der Waals surface area contributed by atoms with Gasteiger partial charge in [-0.05, 0) is 36.6 Å². The molecule has 1 heterocycles. The lowest BCUT2D eigenvalue weighted by Crippen LogP contribution is -2.04. The predicted octanol–water partition coefficient (Wildman–Crippen LogP) is 2.63. The third kappa shape index (κ3) is 1.77. The van der Waals surface area contributed by atoms with E-state index in [4.69, 9.17) is 5.73 Å². The average Bonchev–Trinajstić information content (AvgIpc) is 2.61. The lowest BCUT2D eigenvalue weighted by molar-refractivity contribution is 0.695. The number of aromatic nitrogens is 1. The Morgan fingerprint density at radius 3 is 2.87 bits per heavy atom. The molecule has 0 spiro atoms. The van der Waals surface area contributed by atoms with Gasteiger partial charge in [0.1, 0.15) is 0 Å². The van der Waals surface area contributed by atoms with Crippen LogP contribution < -0.4 is 5.73 Å².